The first-order valence-corrected chi connectivity index (χ1v) is 4.64. The SMILES string of the molecule is CCC(C)CNC1CCOC1. The minimum atomic E-state index is 0.629. The number of hydrogen-bond acceptors (Lipinski definition) is 2. The topological polar surface area (TPSA) is 21.3 Å². The average molecular weight is 157 g/mol. The summed E-state index contributed by atoms with van der Waals surface area (Å²) in [6, 6.07) is 0.629. The van der Waals surface area contributed by atoms with Crippen LogP contribution in [-0.2, 0) is 4.74 Å². The highest BCUT2D eigenvalue weighted by molar-refractivity contribution is 4.71. The van der Waals surface area contributed by atoms with E-state index >= 15 is 0 Å². The van der Waals surface area contributed by atoms with E-state index in [4.69, 9.17) is 4.74 Å². The predicted octanol–water partition coefficient (Wildman–Crippen LogP) is 1.41. The third kappa shape index (κ3) is 3.21. The van der Waals surface area contributed by atoms with Crippen molar-refractivity contribution in [3.8, 4) is 0 Å². The van der Waals surface area contributed by atoms with Crippen LogP contribution in [0.1, 0.15) is 26.7 Å². The van der Waals surface area contributed by atoms with Gasteiger partial charge in [0.2, 0.25) is 0 Å². The molecule has 0 aromatic heterocycles. The van der Waals surface area contributed by atoms with E-state index < -0.39 is 0 Å². The van der Waals surface area contributed by atoms with Crippen LogP contribution in [0.2, 0.25) is 0 Å². The second kappa shape index (κ2) is 4.73. The molecule has 2 heteroatoms. The van der Waals surface area contributed by atoms with Crippen molar-refractivity contribution in [3.05, 3.63) is 0 Å². The molecular formula is C9H19NO. The molecule has 2 unspecified atom stereocenters. The molecule has 0 amide bonds. The minimum Gasteiger partial charge on any atom is -0.380 e. The molecule has 1 rings (SSSR count). The van der Waals surface area contributed by atoms with Crippen molar-refractivity contribution in [1.29, 1.82) is 0 Å². The summed E-state index contributed by atoms with van der Waals surface area (Å²) in [7, 11) is 0. The van der Waals surface area contributed by atoms with Gasteiger partial charge in [0, 0.05) is 12.6 Å². The summed E-state index contributed by atoms with van der Waals surface area (Å²) in [5.74, 6) is 0.801. The van der Waals surface area contributed by atoms with Gasteiger partial charge in [-0.2, -0.15) is 0 Å². The van der Waals surface area contributed by atoms with Crippen molar-refractivity contribution < 1.29 is 4.74 Å². The van der Waals surface area contributed by atoms with Crippen LogP contribution >= 0.6 is 0 Å². The molecule has 0 saturated carbocycles. The molecule has 2 nitrogen and oxygen atoms in total. The first-order valence-electron chi connectivity index (χ1n) is 4.64. The van der Waals surface area contributed by atoms with Crippen molar-refractivity contribution >= 4 is 0 Å². The molecule has 0 radical (unpaired) electrons. The van der Waals surface area contributed by atoms with Crippen molar-refractivity contribution in [1.82, 2.24) is 5.32 Å². The second-order valence-corrected chi connectivity index (χ2v) is 3.48. The summed E-state index contributed by atoms with van der Waals surface area (Å²) in [5, 5.41) is 3.51. The molecule has 1 aliphatic heterocycles. The standard InChI is InChI=1S/C9H19NO/c1-3-8(2)6-10-9-4-5-11-7-9/h8-10H,3-7H2,1-2H3. The first kappa shape index (κ1) is 9.01. The summed E-state index contributed by atoms with van der Waals surface area (Å²) in [6.07, 6.45) is 2.46. The number of nitrogens with one attached hydrogen (secondary N) is 1. The summed E-state index contributed by atoms with van der Waals surface area (Å²) >= 11 is 0. The van der Waals surface area contributed by atoms with Crippen molar-refractivity contribution in [3.63, 3.8) is 0 Å². The Morgan fingerprint density at radius 2 is 2.45 bits per heavy atom. The minimum absolute atomic E-state index is 0.629. The smallest absolute Gasteiger partial charge is 0.0620 e. The molecule has 0 aromatic carbocycles. The third-order valence-electron chi connectivity index (χ3n) is 2.38. The van der Waals surface area contributed by atoms with Gasteiger partial charge in [-0.05, 0) is 18.9 Å². The molecule has 0 aromatic rings. The fourth-order valence-electron chi connectivity index (χ4n) is 1.21. The monoisotopic (exact) mass is 157 g/mol. The molecule has 1 fully saturated rings. The first-order chi connectivity index (χ1) is 5.33. The lowest BCUT2D eigenvalue weighted by Crippen LogP contribution is -2.32. The highest BCUT2D eigenvalue weighted by atomic mass is 16.5. The lowest BCUT2D eigenvalue weighted by molar-refractivity contribution is 0.189. The molecule has 2 atom stereocenters. The number of rotatable bonds is 4. The van der Waals surface area contributed by atoms with Crippen LogP contribution in [0.5, 0.6) is 0 Å². The maximum atomic E-state index is 5.26. The molecule has 1 heterocycles. The molecular weight excluding hydrogens is 138 g/mol. The van der Waals surface area contributed by atoms with Crippen LogP contribution in [0.3, 0.4) is 0 Å². The summed E-state index contributed by atoms with van der Waals surface area (Å²) < 4.78 is 5.26. The van der Waals surface area contributed by atoms with Crippen LogP contribution < -0.4 is 5.32 Å². The molecule has 1 N–H and O–H groups in total. The third-order valence-corrected chi connectivity index (χ3v) is 2.38. The Morgan fingerprint density at radius 1 is 1.64 bits per heavy atom. The van der Waals surface area contributed by atoms with Gasteiger partial charge in [-0.25, -0.2) is 0 Å². The van der Waals surface area contributed by atoms with Crippen LogP contribution in [0.15, 0.2) is 0 Å². The number of ether oxygens (including phenoxy) is 1. The summed E-state index contributed by atoms with van der Waals surface area (Å²) in [5.41, 5.74) is 0. The Kier molecular flexibility index (Phi) is 3.87. The van der Waals surface area contributed by atoms with Gasteiger partial charge in [-0.3, -0.25) is 0 Å². The fraction of sp³-hybridized carbons (Fsp3) is 1.00. The normalized spacial score (nSPS) is 27.3. The zero-order valence-electron chi connectivity index (χ0n) is 7.60. The summed E-state index contributed by atoms with van der Waals surface area (Å²) in [4.78, 5) is 0. The molecule has 1 aliphatic rings. The molecule has 0 bridgehead atoms. The van der Waals surface area contributed by atoms with E-state index in [1.54, 1.807) is 0 Å². The van der Waals surface area contributed by atoms with Crippen molar-refractivity contribution in [2.75, 3.05) is 19.8 Å². The largest absolute Gasteiger partial charge is 0.380 e. The van der Waals surface area contributed by atoms with Gasteiger partial charge in [0.25, 0.3) is 0 Å². The van der Waals surface area contributed by atoms with Gasteiger partial charge in [0.05, 0.1) is 6.61 Å². The van der Waals surface area contributed by atoms with E-state index in [9.17, 15) is 0 Å². The van der Waals surface area contributed by atoms with Gasteiger partial charge in [0.15, 0.2) is 0 Å². The van der Waals surface area contributed by atoms with Gasteiger partial charge in [0.1, 0.15) is 0 Å². The lowest BCUT2D eigenvalue weighted by Gasteiger charge is -2.13. The summed E-state index contributed by atoms with van der Waals surface area (Å²) in [6.45, 7) is 7.51. The fourth-order valence-corrected chi connectivity index (χ4v) is 1.21. The van der Waals surface area contributed by atoms with Crippen LogP contribution in [0.4, 0.5) is 0 Å². The van der Waals surface area contributed by atoms with Crippen LogP contribution in [0.25, 0.3) is 0 Å². The second-order valence-electron chi connectivity index (χ2n) is 3.48. The van der Waals surface area contributed by atoms with Gasteiger partial charge in [-0.1, -0.05) is 20.3 Å². The maximum Gasteiger partial charge on any atom is 0.0620 e. The van der Waals surface area contributed by atoms with Gasteiger partial charge in [-0.15, -0.1) is 0 Å². The van der Waals surface area contributed by atoms with Crippen molar-refractivity contribution in [2.24, 2.45) is 5.92 Å². The van der Waals surface area contributed by atoms with Gasteiger partial charge >= 0.3 is 0 Å². The zero-order valence-corrected chi connectivity index (χ0v) is 7.60. The number of hydrogen-bond donors (Lipinski definition) is 1. The molecule has 11 heavy (non-hydrogen) atoms. The Balaban J connectivity index is 2.01. The van der Waals surface area contributed by atoms with E-state index in [1.165, 1.54) is 12.8 Å². The zero-order chi connectivity index (χ0) is 8.10. The average Bonchev–Trinajstić information content (AvgIpc) is 2.52. The predicted molar refractivity (Wildman–Crippen MR) is 46.7 cm³/mol. The van der Waals surface area contributed by atoms with Crippen LogP contribution in [0, 0.1) is 5.92 Å². The van der Waals surface area contributed by atoms with E-state index in [-0.39, 0.29) is 0 Å². The highest BCUT2D eigenvalue weighted by Gasteiger charge is 2.14. The van der Waals surface area contributed by atoms with E-state index in [0.29, 0.717) is 6.04 Å². The lowest BCUT2D eigenvalue weighted by atomic mass is 10.1. The Hall–Kier alpha value is -0.0800. The Morgan fingerprint density at radius 3 is 3.00 bits per heavy atom. The maximum absolute atomic E-state index is 5.26. The highest BCUT2D eigenvalue weighted by Crippen LogP contribution is 2.05. The van der Waals surface area contributed by atoms with E-state index in [0.717, 1.165) is 25.7 Å². The molecule has 1 saturated heterocycles. The Labute approximate surface area is 69.3 Å². The van der Waals surface area contributed by atoms with Gasteiger partial charge < -0.3 is 10.1 Å². The van der Waals surface area contributed by atoms with Crippen molar-refractivity contribution in [2.45, 2.75) is 32.7 Å². The van der Waals surface area contributed by atoms with E-state index in [2.05, 4.69) is 19.2 Å². The molecule has 66 valence electrons. The molecule has 0 spiro atoms. The van der Waals surface area contributed by atoms with E-state index in [1.807, 2.05) is 0 Å². The Bertz CT molecular complexity index is 99.7. The quantitative estimate of drug-likeness (QED) is 0.666. The van der Waals surface area contributed by atoms with Crippen LogP contribution in [-0.4, -0.2) is 25.8 Å². The molecule has 0 aliphatic carbocycles.